The maximum atomic E-state index is 10.7. The molecule has 7 heteroatoms. The van der Waals surface area contributed by atoms with Crippen LogP contribution in [0.25, 0.3) is 11.6 Å². The van der Waals surface area contributed by atoms with E-state index in [1.807, 2.05) is 12.1 Å². The van der Waals surface area contributed by atoms with Crippen LogP contribution in [-0.2, 0) is 6.61 Å². The van der Waals surface area contributed by atoms with Crippen LogP contribution in [0, 0.1) is 32.8 Å². The third-order valence-electron chi connectivity index (χ3n) is 4.25. The number of benzene rings is 3. The second-order valence-corrected chi connectivity index (χ2v) is 7.12. The van der Waals surface area contributed by atoms with Gasteiger partial charge in [0.05, 0.1) is 32.7 Å². The quantitative estimate of drug-likeness (QED) is 0.198. The summed E-state index contributed by atoms with van der Waals surface area (Å²) in [5.74, 6) is 0.613. The van der Waals surface area contributed by atoms with Crippen LogP contribution in [0.1, 0.15) is 22.3 Å². The van der Waals surface area contributed by atoms with Crippen LogP contribution in [0.4, 0.5) is 5.69 Å². The van der Waals surface area contributed by atoms with Gasteiger partial charge in [-0.1, -0.05) is 18.2 Å². The van der Waals surface area contributed by atoms with Crippen LogP contribution >= 0.6 is 15.9 Å². The van der Waals surface area contributed by atoms with E-state index < -0.39 is 4.92 Å². The number of nitro benzene ring substituents is 1. The number of nitrogens with zero attached hydrogens (tertiary/aromatic N) is 3. The van der Waals surface area contributed by atoms with Gasteiger partial charge in [-0.05, 0) is 75.1 Å². The minimum Gasteiger partial charge on any atom is -0.488 e. The number of rotatable bonds is 6. The van der Waals surface area contributed by atoms with Gasteiger partial charge in [0.15, 0.2) is 0 Å². The summed E-state index contributed by atoms with van der Waals surface area (Å²) in [6.07, 6.45) is 1.76. The number of nitriles is 2. The van der Waals surface area contributed by atoms with E-state index in [1.165, 1.54) is 12.1 Å². The molecule has 0 aliphatic heterocycles. The van der Waals surface area contributed by atoms with Crippen LogP contribution in [-0.4, -0.2) is 4.92 Å². The van der Waals surface area contributed by atoms with Crippen LogP contribution < -0.4 is 4.74 Å². The van der Waals surface area contributed by atoms with Gasteiger partial charge in [-0.15, -0.1) is 0 Å². The smallest absolute Gasteiger partial charge is 0.269 e. The molecule has 0 spiro atoms. The van der Waals surface area contributed by atoms with E-state index in [1.54, 1.807) is 48.5 Å². The van der Waals surface area contributed by atoms with Gasteiger partial charge in [-0.25, -0.2) is 0 Å². The highest BCUT2D eigenvalue weighted by atomic mass is 79.9. The zero-order valence-corrected chi connectivity index (χ0v) is 17.2. The Kier molecular flexibility index (Phi) is 6.59. The Morgan fingerprint density at radius 3 is 2.33 bits per heavy atom. The molecule has 0 atom stereocenters. The Labute approximate surface area is 181 Å². The lowest BCUT2D eigenvalue weighted by molar-refractivity contribution is -0.384. The normalized spacial score (nSPS) is 10.7. The Hall–Kier alpha value is -3.94. The first-order valence-electron chi connectivity index (χ1n) is 8.78. The molecule has 3 rings (SSSR count). The van der Waals surface area contributed by atoms with Crippen molar-refractivity contribution in [1.29, 1.82) is 10.5 Å². The first-order chi connectivity index (χ1) is 14.5. The zero-order valence-electron chi connectivity index (χ0n) is 15.6. The monoisotopic (exact) mass is 459 g/mol. The summed E-state index contributed by atoms with van der Waals surface area (Å²) in [6, 6.07) is 22.7. The molecule has 30 heavy (non-hydrogen) atoms. The second-order valence-electron chi connectivity index (χ2n) is 6.26. The lowest BCUT2D eigenvalue weighted by Gasteiger charge is -2.09. The molecule has 0 saturated carbocycles. The van der Waals surface area contributed by atoms with E-state index in [9.17, 15) is 15.4 Å². The number of non-ortho nitro benzene ring substituents is 1. The molecule has 0 N–H and O–H groups in total. The van der Waals surface area contributed by atoms with Gasteiger partial charge >= 0.3 is 0 Å². The lowest BCUT2D eigenvalue weighted by Crippen LogP contribution is -1.97. The highest BCUT2D eigenvalue weighted by Crippen LogP contribution is 2.29. The van der Waals surface area contributed by atoms with E-state index >= 15 is 0 Å². The van der Waals surface area contributed by atoms with Crippen LogP contribution in [0.15, 0.2) is 71.2 Å². The first kappa shape index (κ1) is 20.8. The van der Waals surface area contributed by atoms with Crippen LogP contribution in [0.2, 0.25) is 0 Å². The van der Waals surface area contributed by atoms with Crippen molar-refractivity contribution in [2.75, 3.05) is 0 Å². The molecule has 0 aliphatic carbocycles. The molecule has 0 fully saturated rings. The van der Waals surface area contributed by atoms with Crippen molar-refractivity contribution < 1.29 is 9.66 Å². The molecule has 0 heterocycles. The minimum atomic E-state index is -0.444. The molecule has 0 bridgehead atoms. The van der Waals surface area contributed by atoms with E-state index in [4.69, 9.17) is 10.00 Å². The number of hydrogen-bond donors (Lipinski definition) is 0. The molecule has 0 aromatic heterocycles. The molecule has 0 amide bonds. The van der Waals surface area contributed by atoms with Crippen LogP contribution in [0.3, 0.4) is 0 Å². The molecular weight excluding hydrogens is 446 g/mol. The molecule has 3 aromatic carbocycles. The number of nitro groups is 1. The molecule has 0 aliphatic rings. The average Bonchev–Trinajstić information content (AvgIpc) is 2.77. The fourth-order valence-corrected chi connectivity index (χ4v) is 3.18. The largest absolute Gasteiger partial charge is 0.488 e. The highest BCUT2D eigenvalue weighted by molar-refractivity contribution is 9.10. The summed E-state index contributed by atoms with van der Waals surface area (Å²) >= 11 is 3.48. The van der Waals surface area contributed by atoms with E-state index in [0.29, 0.717) is 16.9 Å². The Morgan fingerprint density at radius 1 is 1.07 bits per heavy atom. The molecule has 0 radical (unpaired) electrons. The van der Waals surface area contributed by atoms with Gasteiger partial charge in [0.25, 0.3) is 5.69 Å². The van der Waals surface area contributed by atoms with Gasteiger partial charge in [0.2, 0.25) is 0 Å². The summed E-state index contributed by atoms with van der Waals surface area (Å²) in [4.78, 5) is 10.3. The van der Waals surface area contributed by atoms with E-state index in [0.717, 1.165) is 21.2 Å². The fraction of sp³-hybridized carbons (Fsp3) is 0.0435. The maximum Gasteiger partial charge on any atom is 0.269 e. The minimum absolute atomic E-state index is 0.0339. The summed E-state index contributed by atoms with van der Waals surface area (Å²) in [6.45, 7) is 0.264. The fourth-order valence-electron chi connectivity index (χ4n) is 2.67. The number of hydrogen-bond acceptors (Lipinski definition) is 5. The number of ether oxygens (including phenoxy) is 1. The van der Waals surface area contributed by atoms with Gasteiger partial charge in [-0.3, -0.25) is 10.1 Å². The topological polar surface area (TPSA) is 99.9 Å². The number of allylic oxidation sites excluding steroid dienone is 1. The van der Waals surface area contributed by atoms with Crippen molar-refractivity contribution >= 4 is 33.3 Å². The Balaban J connectivity index is 1.73. The molecule has 6 nitrogen and oxygen atoms in total. The molecular formula is C23H14BrN3O3. The molecule has 146 valence electrons. The van der Waals surface area contributed by atoms with Gasteiger partial charge in [-0.2, -0.15) is 10.5 Å². The maximum absolute atomic E-state index is 10.7. The first-order valence-corrected chi connectivity index (χ1v) is 9.57. The highest BCUT2D eigenvalue weighted by Gasteiger charge is 2.07. The van der Waals surface area contributed by atoms with Crippen molar-refractivity contribution in [3.8, 4) is 17.9 Å². The van der Waals surface area contributed by atoms with Crippen LogP contribution in [0.5, 0.6) is 5.75 Å². The summed E-state index contributed by atoms with van der Waals surface area (Å²) in [5.41, 5.74) is 3.39. The lowest BCUT2D eigenvalue weighted by atomic mass is 10.0. The standard InChI is InChI=1S/C23H14BrN3O3/c24-22-12-18(11-20(14-26)19-6-1-16(13-25)2-7-19)5-10-23(22)30-15-17-3-8-21(9-4-17)27(28)29/h1-12H,15H2/b20-11-. The molecule has 0 saturated heterocycles. The van der Waals surface area contributed by atoms with Gasteiger partial charge < -0.3 is 4.74 Å². The zero-order chi connectivity index (χ0) is 21.5. The van der Waals surface area contributed by atoms with E-state index in [2.05, 4.69) is 28.1 Å². The second kappa shape index (κ2) is 9.51. The summed E-state index contributed by atoms with van der Waals surface area (Å²) in [7, 11) is 0. The summed E-state index contributed by atoms with van der Waals surface area (Å²) in [5, 5.41) is 29.1. The third-order valence-corrected chi connectivity index (χ3v) is 4.87. The Morgan fingerprint density at radius 2 is 1.77 bits per heavy atom. The predicted molar refractivity (Wildman–Crippen MR) is 116 cm³/mol. The van der Waals surface area contributed by atoms with Crippen molar-refractivity contribution in [3.05, 3.63) is 104 Å². The summed E-state index contributed by atoms with van der Waals surface area (Å²) < 4.78 is 6.50. The van der Waals surface area contributed by atoms with Crippen molar-refractivity contribution in [3.63, 3.8) is 0 Å². The number of halogens is 1. The van der Waals surface area contributed by atoms with Gasteiger partial charge in [0, 0.05) is 12.1 Å². The van der Waals surface area contributed by atoms with Crippen molar-refractivity contribution in [2.45, 2.75) is 6.61 Å². The van der Waals surface area contributed by atoms with E-state index in [-0.39, 0.29) is 12.3 Å². The van der Waals surface area contributed by atoms with Crippen molar-refractivity contribution in [2.24, 2.45) is 0 Å². The molecule has 3 aromatic rings. The predicted octanol–water partition coefficient (Wildman–Crippen LogP) is 5.87. The third kappa shape index (κ3) is 5.11. The average molecular weight is 460 g/mol. The SMILES string of the molecule is N#C/C(=C/c1ccc(OCc2ccc([N+](=O)[O-])cc2)c(Br)c1)c1ccc(C#N)cc1. The molecule has 0 unspecified atom stereocenters. The van der Waals surface area contributed by atoms with Gasteiger partial charge in [0.1, 0.15) is 12.4 Å². The Bertz CT molecular complexity index is 1190. The van der Waals surface area contributed by atoms with Crippen molar-refractivity contribution in [1.82, 2.24) is 0 Å².